The number of fused-ring (bicyclic) bond motifs is 1. The van der Waals surface area contributed by atoms with Crippen LogP contribution in [-0.2, 0) is 6.54 Å². The van der Waals surface area contributed by atoms with Gasteiger partial charge in [0.05, 0.1) is 10.3 Å². The molecule has 5 nitrogen and oxygen atoms in total. The van der Waals surface area contributed by atoms with Gasteiger partial charge in [0.15, 0.2) is 0 Å². The van der Waals surface area contributed by atoms with Crippen LogP contribution in [0.25, 0.3) is 5.78 Å². The highest BCUT2D eigenvalue weighted by atomic mass is 79.9. The number of anilines is 1. The van der Waals surface area contributed by atoms with Gasteiger partial charge in [0, 0.05) is 10.4 Å². The molecule has 0 aliphatic rings. The summed E-state index contributed by atoms with van der Waals surface area (Å²) in [4.78, 5) is 9.43. The van der Waals surface area contributed by atoms with Crippen LogP contribution < -0.4 is 5.32 Å². The summed E-state index contributed by atoms with van der Waals surface area (Å²) in [5, 5.41) is 7.93. The van der Waals surface area contributed by atoms with Crippen molar-refractivity contribution in [3.63, 3.8) is 0 Å². The van der Waals surface area contributed by atoms with E-state index >= 15 is 0 Å². The van der Waals surface area contributed by atoms with E-state index in [9.17, 15) is 0 Å². The van der Waals surface area contributed by atoms with Crippen molar-refractivity contribution >= 4 is 50.5 Å². The molecule has 19 heavy (non-hydrogen) atoms. The Balaban J connectivity index is 1.95. The molecule has 98 valence electrons. The summed E-state index contributed by atoms with van der Waals surface area (Å²) in [5.41, 5.74) is 0.857. The third kappa shape index (κ3) is 2.45. The van der Waals surface area contributed by atoms with Crippen molar-refractivity contribution in [1.29, 1.82) is 0 Å². The van der Waals surface area contributed by atoms with Crippen LogP contribution in [0, 0.1) is 6.92 Å². The Morgan fingerprint density at radius 1 is 1.47 bits per heavy atom. The van der Waals surface area contributed by atoms with Gasteiger partial charge in [-0.15, -0.1) is 11.3 Å². The zero-order valence-electron chi connectivity index (χ0n) is 9.89. The fourth-order valence-electron chi connectivity index (χ4n) is 1.72. The molecule has 0 amide bonds. The molecule has 0 aliphatic heterocycles. The van der Waals surface area contributed by atoms with E-state index in [2.05, 4.69) is 42.4 Å². The summed E-state index contributed by atoms with van der Waals surface area (Å²) < 4.78 is 2.77. The summed E-state index contributed by atoms with van der Waals surface area (Å²) >= 11 is 11.2. The van der Waals surface area contributed by atoms with E-state index in [0.29, 0.717) is 17.5 Å². The van der Waals surface area contributed by atoms with Gasteiger partial charge < -0.3 is 5.32 Å². The average Bonchev–Trinajstić information content (AvgIpc) is 2.99. The highest BCUT2D eigenvalue weighted by molar-refractivity contribution is 9.11. The smallest absolute Gasteiger partial charge is 0.255 e. The molecule has 3 heterocycles. The van der Waals surface area contributed by atoms with E-state index < -0.39 is 0 Å². The monoisotopic (exact) mass is 357 g/mol. The number of halogens is 2. The first-order valence-corrected chi connectivity index (χ1v) is 7.48. The predicted molar refractivity (Wildman–Crippen MR) is 79.9 cm³/mol. The Bertz CT molecular complexity index is 738. The molecule has 3 rings (SSSR count). The van der Waals surface area contributed by atoms with Crippen LogP contribution >= 0.6 is 38.9 Å². The molecule has 0 bridgehead atoms. The number of nitrogens with one attached hydrogen (secondary N) is 1. The van der Waals surface area contributed by atoms with Crippen molar-refractivity contribution in [2.75, 3.05) is 5.32 Å². The summed E-state index contributed by atoms with van der Waals surface area (Å²) in [5.74, 6) is 1.31. The molecule has 3 aromatic rings. The van der Waals surface area contributed by atoms with E-state index in [4.69, 9.17) is 11.6 Å². The fourth-order valence-corrected chi connectivity index (χ4v) is 3.31. The minimum absolute atomic E-state index is 0.440. The number of thiophene rings is 1. The molecule has 3 aromatic heterocycles. The Hall–Kier alpha value is -1.18. The molecule has 0 aliphatic carbocycles. The largest absolute Gasteiger partial charge is 0.365 e. The molecule has 0 aromatic carbocycles. The second-order valence-electron chi connectivity index (χ2n) is 3.91. The highest BCUT2D eigenvalue weighted by Gasteiger charge is 2.12. The average molecular weight is 359 g/mol. The Morgan fingerprint density at radius 2 is 2.32 bits per heavy atom. The first-order valence-electron chi connectivity index (χ1n) is 5.49. The number of aromatic nitrogens is 4. The lowest BCUT2D eigenvalue weighted by atomic mass is 10.3. The summed E-state index contributed by atoms with van der Waals surface area (Å²) in [7, 11) is 0. The van der Waals surface area contributed by atoms with E-state index in [1.54, 1.807) is 15.9 Å². The quantitative estimate of drug-likeness (QED) is 0.728. The molecular weight excluding hydrogens is 350 g/mol. The molecule has 0 saturated carbocycles. The summed E-state index contributed by atoms with van der Waals surface area (Å²) in [6.07, 6.45) is 1.46. The van der Waals surface area contributed by atoms with Crippen molar-refractivity contribution in [3.8, 4) is 0 Å². The van der Waals surface area contributed by atoms with Gasteiger partial charge in [-0.3, -0.25) is 0 Å². The van der Waals surface area contributed by atoms with Gasteiger partial charge in [-0.05, 0) is 35.0 Å². The lowest BCUT2D eigenvalue weighted by molar-refractivity contribution is 0.917. The molecule has 8 heteroatoms. The van der Waals surface area contributed by atoms with Gasteiger partial charge in [-0.1, -0.05) is 11.6 Å². The van der Waals surface area contributed by atoms with Crippen molar-refractivity contribution in [2.24, 2.45) is 0 Å². The maximum Gasteiger partial charge on any atom is 0.255 e. The number of nitrogens with zero attached hydrogens (tertiary/aromatic N) is 4. The van der Waals surface area contributed by atoms with E-state index in [0.717, 1.165) is 15.2 Å². The van der Waals surface area contributed by atoms with Crippen molar-refractivity contribution < 1.29 is 0 Å². The van der Waals surface area contributed by atoms with Gasteiger partial charge in [0.25, 0.3) is 5.78 Å². The minimum atomic E-state index is 0.440. The van der Waals surface area contributed by atoms with Crippen LogP contribution in [0.1, 0.15) is 10.4 Å². The molecule has 0 radical (unpaired) electrons. The number of hydrogen-bond acceptors (Lipinski definition) is 5. The first kappa shape index (κ1) is 12.8. The summed E-state index contributed by atoms with van der Waals surface area (Å²) in [6.45, 7) is 2.61. The van der Waals surface area contributed by atoms with Gasteiger partial charge >= 0.3 is 0 Å². The van der Waals surface area contributed by atoms with E-state index in [-0.39, 0.29) is 0 Å². The van der Waals surface area contributed by atoms with Crippen LogP contribution in [-0.4, -0.2) is 19.6 Å². The zero-order chi connectivity index (χ0) is 13.4. The Labute approximate surface area is 126 Å². The lowest BCUT2D eigenvalue weighted by Crippen LogP contribution is -2.08. The molecule has 1 N–H and O–H groups in total. The van der Waals surface area contributed by atoms with Crippen LogP contribution in [0.15, 0.2) is 22.2 Å². The molecule has 0 unspecified atom stereocenters. The van der Waals surface area contributed by atoms with E-state index in [1.165, 1.54) is 11.2 Å². The number of hydrogen-bond donors (Lipinski definition) is 1. The first-order chi connectivity index (χ1) is 9.15. The SMILES string of the molecule is Cc1c(Cl)nc2ncnn2c1NCc1ccc(Br)s1. The zero-order valence-corrected chi connectivity index (χ0v) is 13.1. The van der Waals surface area contributed by atoms with E-state index in [1.807, 2.05) is 13.0 Å². The normalized spacial score (nSPS) is 11.1. The second kappa shape index (κ2) is 5.07. The molecular formula is C11H9BrClN5S. The van der Waals surface area contributed by atoms with Gasteiger partial charge in [-0.2, -0.15) is 19.6 Å². The van der Waals surface area contributed by atoms with Crippen molar-refractivity contribution in [3.05, 3.63) is 37.8 Å². The van der Waals surface area contributed by atoms with Crippen molar-refractivity contribution in [1.82, 2.24) is 19.6 Å². The van der Waals surface area contributed by atoms with Crippen LogP contribution in [0.2, 0.25) is 5.15 Å². The van der Waals surface area contributed by atoms with Crippen LogP contribution in [0.3, 0.4) is 0 Å². The minimum Gasteiger partial charge on any atom is -0.365 e. The molecule has 0 atom stereocenters. The maximum absolute atomic E-state index is 6.10. The molecule has 0 saturated heterocycles. The fraction of sp³-hybridized carbons (Fsp3) is 0.182. The molecule has 0 fully saturated rings. The third-order valence-corrected chi connectivity index (χ3v) is 4.65. The standard InChI is InChI=1S/C11H9BrClN5S/c1-6-9(13)17-11-15-5-16-18(11)10(6)14-4-7-2-3-8(12)19-7/h2-3,5,14H,4H2,1H3. The number of rotatable bonds is 3. The van der Waals surface area contributed by atoms with Crippen LogP contribution in [0.5, 0.6) is 0 Å². The molecule has 0 spiro atoms. The van der Waals surface area contributed by atoms with Gasteiger partial charge in [0.1, 0.15) is 17.3 Å². The van der Waals surface area contributed by atoms with Gasteiger partial charge in [-0.25, -0.2) is 0 Å². The maximum atomic E-state index is 6.10. The topological polar surface area (TPSA) is 55.1 Å². The van der Waals surface area contributed by atoms with Gasteiger partial charge in [0.2, 0.25) is 0 Å². The van der Waals surface area contributed by atoms with Crippen LogP contribution in [0.4, 0.5) is 5.82 Å². The predicted octanol–water partition coefficient (Wildman–Crippen LogP) is 3.52. The highest BCUT2D eigenvalue weighted by Crippen LogP contribution is 2.25. The Morgan fingerprint density at radius 3 is 3.05 bits per heavy atom. The second-order valence-corrected chi connectivity index (χ2v) is 6.81. The van der Waals surface area contributed by atoms with Crippen molar-refractivity contribution in [2.45, 2.75) is 13.5 Å². The lowest BCUT2D eigenvalue weighted by Gasteiger charge is -2.10. The Kier molecular flexibility index (Phi) is 3.42. The third-order valence-electron chi connectivity index (χ3n) is 2.66. The summed E-state index contributed by atoms with van der Waals surface area (Å²) in [6, 6.07) is 4.09.